The minimum atomic E-state index is -0.249. The van der Waals surface area contributed by atoms with Gasteiger partial charge in [0.05, 0.1) is 44.4 Å². The van der Waals surface area contributed by atoms with Gasteiger partial charge in [0.25, 0.3) is 0 Å². The fourth-order valence-corrected chi connectivity index (χ4v) is 8.36. The molecule has 0 bridgehead atoms. The van der Waals surface area contributed by atoms with Gasteiger partial charge >= 0.3 is 17.9 Å². The summed E-state index contributed by atoms with van der Waals surface area (Å²) < 4.78 is 15.4. The van der Waals surface area contributed by atoms with Crippen molar-refractivity contribution in [2.45, 2.75) is 6.42 Å². The van der Waals surface area contributed by atoms with Crippen LogP contribution in [0.3, 0.4) is 0 Å². The molecule has 0 aliphatic rings. The second-order valence-corrected chi connectivity index (χ2v) is 16.9. The molecule has 0 saturated heterocycles. The van der Waals surface area contributed by atoms with Crippen LogP contribution in [0.4, 0.5) is 0 Å². The van der Waals surface area contributed by atoms with Gasteiger partial charge in [0.1, 0.15) is 19.2 Å². The quantitative estimate of drug-likeness (QED) is 0.0260. The van der Waals surface area contributed by atoms with Crippen molar-refractivity contribution in [3.05, 3.63) is 0 Å². The van der Waals surface area contributed by atoms with Gasteiger partial charge in [-0.3, -0.25) is 14.4 Å². The first kappa shape index (κ1) is 42.0. The molecule has 0 aromatic heterocycles. The lowest BCUT2D eigenvalue weighted by Crippen LogP contribution is -2.10. The van der Waals surface area contributed by atoms with E-state index >= 15 is 0 Å². The van der Waals surface area contributed by atoms with Crippen LogP contribution in [0.1, 0.15) is 6.42 Å². The van der Waals surface area contributed by atoms with Crippen LogP contribution in [0.25, 0.3) is 0 Å². The number of carbonyl (C=O) groups excluding carboxylic acids is 3. The molecule has 0 rings (SSSR count). The highest BCUT2D eigenvalue weighted by Gasteiger charge is 2.06. The van der Waals surface area contributed by atoms with E-state index in [9.17, 15) is 14.4 Å². The molecule has 242 valence electrons. The Balaban J connectivity index is 3.25. The molecule has 0 aliphatic carbocycles. The Bertz CT molecular complexity index is 625. The number of hydrogen-bond acceptors (Lipinski definition) is 18. The third kappa shape index (κ3) is 35.4. The number of thioether (sulfide) groups is 8. The maximum Gasteiger partial charge on any atom is 0.315 e. The fourth-order valence-electron chi connectivity index (χ4n) is 2.12. The van der Waals surface area contributed by atoms with E-state index in [2.05, 4.69) is 0 Å². The summed E-state index contributed by atoms with van der Waals surface area (Å²) in [6.07, 6.45) is 0.334. The second-order valence-electron chi connectivity index (χ2n) is 7.12. The number of rotatable bonds is 32. The van der Waals surface area contributed by atoms with Gasteiger partial charge in [-0.1, -0.05) is 0 Å². The van der Waals surface area contributed by atoms with E-state index in [0.29, 0.717) is 66.7 Å². The molecule has 2 N–H and O–H groups in total. The zero-order valence-corrected chi connectivity index (χ0v) is 29.6. The Hall–Kier alpha value is 1.05. The highest BCUT2D eigenvalue weighted by molar-refractivity contribution is 8.16. The van der Waals surface area contributed by atoms with Gasteiger partial charge in [0.2, 0.25) is 0 Å². The molecule has 0 heterocycles. The van der Waals surface area contributed by atoms with Gasteiger partial charge in [-0.25, -0.2) is 9.78 Å². The Morgan fingerprint density at radius 3 is 1.49 bits per heavy atom. The molecule has 0 amide bonds. The van der Waals surface area contributed by atoms with Crippen LogP contribution in [0.15, 0.2) is 0 Å². The Labute approximate surface area is 277 Å². The van der Waals surface area contributed by atoms with Crippen molar-refractivity contribution in [1.82, 2.24) is 0 Å². The summed E-state index contributed by atoms with van der Waals surface area (Å²) in [6.45, 7) is 2.00. The zero-order chi connectivity index (χ0) is 30.1. The number of aliphatic hydroxyl groups excluding tert-OH is 2. The third-order valence-corrected chi connectivity index (χ3v) is 12.3. The summed E-state index contributed by atoms with van der Waals surface area (Å²) in [5, 5.41) is 19.7. The maximum absolute atomic E-state index is 11.7. The average Bonchev–Trinajstić information content (AvgIpc) is 2.96. The van der Waals surface area contributed by atoms with Crippen LogP contribution < -0.4 is 0 Å². The lowest BCUT2D eigenvalue weighted by Gasteiger charge is -2.06. The summed E-state index contributed by atoms with van der Waals surface area (Å²) in [7, 11) is 0. The molecule has 0 saturated carbocycles. The molecule has 0 aromatic carbocycles. The smallest absolute Gasteiger partial charge is 0.315 e. The topological polar surface area (TPSA) is 138 Å². The zero-order valence-electron chi connectivity index (χ0n) is 23.1. The van der Waals surface area contributed by atoms with Crippen LogP contribution in [-0.4, -0.2) is 141 Å². The van der Waals surface area contributed by atoms with Crippen molar-refractivity contribution in [3.8, 4) is 0 Å². The molecule has 0 radical (unpaired) electrons. The number of carbonyl (C=O) groups is 3. The molecule has 18 heteroatoms. The Morgan fingerprint density at radius 2 is 0.927 bits per heavy atom. The highest BCUT2D eigenvalue weighted by Crippen LogP contribution is 2.15. The van der Waals surface area contributed by atoms with E-state index in [-0.39, 0.29) is 42.8 Å². The standard InChI is InChI=1S/C23H42O10S8/c24-2-9-34-8-1-21(26)31-17-41-20-40-16-23(28)30-5-12-36-18-37-13-6-32-33-7-14-38-19-39-15-22(27)29-4-11-35-10-3-25/h24-25H,1-20H2. The molecule has 0 aliphatic heterocycles. The summed E-state index contributed by atoms with van der Waals surface area (Å²) in [4.78, 5) is 45.1. The Kier molecular flexibility index (Phi) is 36.4. The molecule has 10 nitrogen and oxygen atoms in total. The van der Waals surface area contributed by atoms with Crippen LogP contribution in [0.5, 0.6) is 0 Å². The van der Waals surface area contributed by atoms with Crippen LogP contribution >= 0.6 is 94.1 Å². The van der Waals surface area contributed by atoms with Gasteiger partial charge in [-0.15, -0.1) is 70.6 Å². The summed E-state index contributed by atoms with van der Waals surface area (Å²) >= 11 is 12.6. The number of hydrogen-bond donors (Lipinski definition) is 2. The maximum atomic E-state index is 11.7. The van der Waals surface area contributed by atoms with Crippen molar-refractivity contribution in [3.63, 3.8) is 0 Å². The summed E-state index contributed by atoms with van der Waals surface area (Å²) in [6, 6.07) is 0. The second kappa shape index (κ2) is 35.5. The first-order valence-electron chi connectivity index (χ1n) is 12.6. The van der Waals surface area contributed by atoms with Crippen molar-refractivity contribution in [2.75, 3.05) is 113 Å². The predicted molar refractivity (Wildman–Crippen MR) is 183 cm³/mol. The van der Waals surface area contributed by atoms with Crippen molar-refractivity contribution in [1.29, 1.82) is 0 Å². The SMILES string of the molecule is O=C(CCSCCO)OCSCSCC(=O)OCCSCSCCOOCCSCSCC(=O)OCCSCCO. The van der Waals surface area contributed by atoms with E-state index in [1.165, 1.54) is 47.0 Å². The van der Waals surface area contributed by atoms with Crippen molar-refractivity contribution >= 4 is 112 Å². The molecular formula is C23H42O10S8. The number of ether oxygens (including phenoxy) is 3. The lowest BCUT2D eigenvalue weighted by atomic mass is 10.5. The van der Waals surface area contributed by atoms with Crippen LogP contribution in [-0.2, 0) is 38.4 Å². The number of aliphatic hydroxyl groups is 2. The molecule has 41 heavy (non-hydrogen) atoms. The third-order valence-electron chi connectivity index (χ3n) is 3.85. The highest BCUT2D eigenvalue weighted by atomic mass is 32.2. The van der Waals surface area contributed by atoms with E-state index in [1.54, 1.807) is 47.0 Å². The fraction of sp³-hybridized carbons (Fsp3) is 0.870. The largest absolute Gasteiger partial charge is 0.464 e. The summed E-state index contributed by atoms with van der Waals surface area (Å²) in [5.74, 6) is 5.12. The van der Waals surface area contributed by atoms with Gasteiger partial charge in [-0.2, -0.15) is 23.5 Å². The van der Waals surface area contributed by atoms with Crippen LogP contribution in [0.2, 0.25) is 0 Å². The molecule has 0 fully saturated rings. The molecule has 0 spiro atoms. The average molecular weight is 735 g/mol. The van der Waals surface area contributed by atoms with Gasteiger partial charge < -0.3 is 24.4 Å². The van der Waals surface area contributed by atoms with Crippen LogP contribution in [0, 0.1) is 0 Å². The van der Waals surface area contributed by atoms with E-state index in [0.717, 1.165) is 27.4 Å². The van der Waals surface area contributed by atoms with Crippen molar-refractivity contribution in [2.24, 2.45) is 0 Å². The molecule has 0 atom stereocenters. The van der Waals surface area contributed by atoms with E-state index in [1.807, 2.05) is 0 Å². The number of esters is 3. The normalized spacial score (nSPS) is 11.0. The predicted octanol–water partition coefficient (Wildman–Crippen LogP) is 3.63. The van der Waals surface area contributed by atoms with Gasteiger partial charge in [-0.05, 0) is 0 Å². The van der Waals surface area contributed by atoms with Gasteiger partial charge in [0, 0.05) is 55.5 Å². The van der Waals surface area contributed by atoms with E-state index in [4.69, 9.17) is 34.2 Å². The minimum Gasteiger partial charge on any atom is -0.464 e. The molecule has 0 aromatic rings. The minimum absolute atomic E-state index is 0.112. The van der Waals surface area contributed by atoms with Crippen molar-refractivity contribution < 1.29 is 48.6 Å². The monoisotopic (exact) mass is 734 g/mol. The molecule has 0 unspecified atom stereocenters. The lowest BCUT2D eigenvalue weighted by molar-refractivity contribution is -0.285. The Morgan fingerprint density at radius 1 is 0.463 bits per heavy atom. The summed E-state index contributed by atoms with van der Waals surface area (Å²) in [5.41, 5.74) is 0. The van der Waals surface area contributed by atoms with Gasteiger partial charge in [0.15, 0.2) is 0 Å². The van der Waals surface area contributed by atoms with E-state index < -0.39 is 0 Å². The first-order valence-corrected chi connectivity index (χ1v) is 21.9. The molecular weight excluding hydrogens is 693 g/mol. The first-order chi connectivity index (χ1) is 20.1.